The van der Waals surface area contributed by atoms with E-state index in [1.807, 2.05) is 39.5 Å². The van der Waals surface area contributed by atoms with Crippen LogP contribution >= 0.6 is 0 Å². The van der Waals surface area contributed by atoms with Gasteiger partial charge in [-0.25, -0.2) is 4.79 Å². The van der Waals surface area contributed by atoms with E-state index in [2.05, 4.69) is 22.1 Å². The van der Waals surface area contributed by atoms with Crippen LogP contribution in [-0.4, -0.2) is 79.9 Å². The Labute approximate surface area is 165 Å². The Bertz CT molecular complexity index is 455. The molecule has 0 spiro atoms. The number of hydrogen-bond acceptors (Lipinski definition) is 4. The van der Waals surface area contributed by atoms with Crippen molar-refractivity contribution >= 4 is 12.1 Å². The standard InChI is InChI=1S/C20H40N4O3/c1-7-21-18(22-12-15-26-9-3)24-13-10-17(11-14-24)16-23(8-2)19(25)27-20(4,5)6/h17H,7-16H2,1-6H3,(H,21,22). The lowest BCUT2D eigenvalue weighted by atomic mass is 9.96. The first kappa shape index (κ1) is 23.5. The van der Waals surface area contributed by atoms with Crippen molar-refractivity contribution in [2.45, 2.75) is 60.0 Å². The predicted octanol–water partition coefficient (Wildman–Crippen LogP) is 2.96. The lowest BCUT2D eigenvalue weighted by Crippen LogP contribution is -2.48. The lowest BCUT2D eigenvalue weighted by Gasteiger charge is -2.36. The number of carbonyl (C=O) groups is 1. The summed E-state index contributed by atoms with van der Waals surface area (Å²) in [5.41, 5.74) is -0.452. The summed E-state index contributed by atoms with van der Waals surface area (Å²) in [5.74, 6) is 1.47. The number of nitrogens with one attached hydrogen (secondary N) is 1. The highest BCUT2D eigenvalue weighted by atomic mass is 16.6. The molecule has 1 fully saturated rings. The van der Waals surface area contributed by atoms with Crippen molar-refractivity contribution in [2.75, 3.05) is 52.5 Å². The summed E-state index contributed by atoms with van der Waals surface area (Å²) in [6.45, 7) is 18.1. The third-order valence-electron chi connectivity index (χ3n) is 4.46. The van der Waals surface area contributed by atoms with E-state index in [1.54, 1.807) is 0 Å². The SMILES string of the molecule is CCNC(=NCCOCC)N1CCC(CN(CC)C(=O)OC(C)(C)C)CC1. The van der Waals surface area contributed by atoms with E-state index >= 15 is 0 Å². The molecule has 0 saturated carbocycles. The van der Waals surface area contributed by atoms with E-state index in [1.165, 1.54) is 0 Å². The van der Waals surface area contributed by atoms with Crippen molar-refractivity contribution in [3.05, 3.63) is 0 Å². The second-order valence-corrected chi connectivity index (χ2v) is 7.88. The molecule has 1 aliphatic rings. The zero-order valence-electron chi connectivity index (χ0n) is 18.2. The minimum atomic E-state index is -0.452. The fourth-order valence-electron chi connectivity index (χ4n) is 3.08. The molecular formula is C20H40N4O3. The first-order valence-electron chi connectivity index (χ1n) is 10.4. The molecule has 0 aromatic heterocycles. The van der Waals surface area contributed by atoms with E-state index in [-0.39, 0.29) is 6.09 Å². The highest BCUT2D eigenvalue weighted by Gasteiger charge is 2.27. The van der Waals surface area contributed by atoms with Crippen LogP contribution in [0.1, 0.15) is 54.4 Å². The number of aliphatic imine (C=N–C) groups is 1. The van der Waals surface area contributed by atoms with Gasteiger partial charge in [-0.2, -0.15) is 0 Å². The van der Waals surface area contributed by atoms with Gasteiger partial charge in [-0.15, -0.1) is 0 Å². The number of hydrogen-bond donors (Lipinski definition) is 1. The van der Waals surface area contributed by atoms with Crippen molar-refractivity contribution in [1.82, 2.24) is 15.1 Å². The molecule has 0 aromatic rings. The van der Waals surface area contributed by atoms with Gasteiger partial charge in [0, 0.05) is 39.3 Å². The molecule has 0 aliphatic carbocycles. The van der Waals surface area contributed by atoms with Crippen molar-refractivity contribution in [3.63, 3.8) is 0 Å². The summed E-state index contributed by atoms with van der Waals surface area (Å²) in [4.78, 5) is 21.2. The summed E-state index contributed by atoms with van der Waals surface area (Å²) in [6.07, 6.45) is 1.89. The van der Waals surface area contributed by atoms with Gasteiger partial charge >= 0.3 is 6.09 Å². The maximum absolute atomic E-state index is 12.3. The lowest BCUT2D eigenvalue weighted by molar-refractivity contribution is 0.0214. The quantitative estimate of drug-likeness (QED) is 0.396. The molecule has 7 nitrogen and oxygen atoms in total. The van der Waals surface area contributed by atoms with E-state index < -0.39 is 5.60 Å². The van der Waals surface area contributed by atoms with Gasteiger partial charge in [0.25, 0.3) is 0 Å². The first-order chi connectivity index (χ1) is 12.8. The molecule has 0 aromatic carbocycles. The molecule has 0 bridgehead atoms. The number of piperidine rings is 1. The molecule has 27 heavy (non-hydrogen) atoms. The third kappa shape index (κ3) is 9.31. The fourth-order valence-corrected chi connectivity index (χ4v) is 3.08. The molecule has 1 saturated heterocycles. The number of rotatable bonds is 8. The third-order valence-corrected chi connectivity index (χ3v) is 4.46. The van der Waals surface area contributed by atoms with Crippen LogP contribution in [0.3, 0.4) is 0 Å². The summed E-state index contributed by atoms with van der Waals surface area (Å²) < 4.78 is 10.9. The Morgan fingerprint density at radius 2 is 1.89 bits per heavy atom. The number of guanidine groups is 1. The molecule has 7 heteroatoms. The molecule has 1 amide bonds. The number of amides is 1. The molecular weight excluding hydrogens is 344 g/mol. The van der Waals surface area contributed by atoms with E-state index in [0.29, 0.717) is 25.6 Å². The average Bonchev–Trinajstić information content (AvgIpc) is 2.61. The van der Waals surface area contributed by atoms with Gasteiger partial charge < -0.3 is 24.6 Å². The maximum atomic E-state index is 12.3. The predicted molar refractivity (Wildman–Crippen MR) is 110 cm³/mol. The maximum Gasteiger partial charge on any atom is 0.410 e. The highest BCUT2D eigenvalue weighted by molar-refractivity contribution is 5.80. The highest BCUT2D eigenvalue weighted by Crippen LogP contribution is 2.20. The Morgan fingerprint density at radius 3 is 2.41 bits per heavy atom. The van der Waals surface area contributed by atoms with E-state index in [9.17, 15) is 4.79 Å². The van der Waals surface area contributed by atoms with E-state index in [4.69, 9.17) is 9.47 Å². The number of nitrogens with zero attached hydrogens (tertiary/aromatic N) is 3. The Kier molecular flexibility index (Phi) is 10.5. The van der Waals surface area contributed by atoms with Crippen LogP contribution in [0.4, 0.5) is 4.79 Å². The van der Waals surface area contributed by atoms with Crippen molar-refractivity contribution in [3.8, 4) is 0 Å². The second kappa shape index (κ2) is 12.1. The largest absolute Gasteiger partial charge is 0.444 e. The van der Waals surface area contributed by atoms with E-state index in [0.717, 1.165) is 51.6 Å². The minimum absolute atomic E-state index is 0.210. The monoisotopic (exact) mass is 384 g/mol. The van der Waals surface area contributed by atoms with Gasteiger partial charge in [-0.05, 0) is 60.3 Å². The molecule has 1 aliphatic heterocycles. The number of likely N-dealkylation sites (tertiary alicyclic amines) is 1. The molecule has 0 radical (unpaired) electrons. The molecule has 0 unspecified atom stereocenters. The van der Waals surface area contributed by atoms with Crippen LogP contribution in [-0.2, 0) is 9.47 Å². The Morgan fingerprint density at radius 1 is 1.22 bits per heavy atom. The van der Waals surface area contributed by atoms with Crippen LogP contribution in [0.2, 0.25) is 0 Å². The van der Waals surface area contributed by atoms with Crippen molar-refractivity contribution in [2.24, 2.45) is 10.9 Å². The van der Waals surface area contributed by atoms with Gasteiger partial charge in [0.1, 0.15) is 5.60 Å². The molecule has 158 valence electrons. The first-order valence-corrected chi connectivity index (χ1v) is 10.4. The minimum Gasteiger partial charge on any atom is -0.444 e. The Hall–Kier alpha value is -1.50. The van der Waals surface area contributed by atoms with Crippen LogP contribution < -0.4 is 5.32 Å². The molecule has 0 atom stereocenters. The summed E-state index contributed by atoms with van der Waals surface area (Å²) in [6, 6.07) is 0. The second-order valence-electron chi connectivity index (χ2n) is 7.88. The molecule has 1 heterocycles. The summed E-state index contributed by atoms with van der Waals surface area (Å²) >= 11 is 0. The van der Waals surface area contributed by atoms with Crippen molar-refractivity contribution < 1.29 is 14.3 Å². The zero-order chi connectivity index (χ0) is 20.3. The topological polar surface area (TPSA) is 66.4 Å². The summed E-state index contributed by atoms with van der Waals surface area (Å²) in [5, 5.41) is 3.38. The van der Waals surface area contributed by atoms with Crippen LogP contribution in [0.25, 0.3) is 0 Å². The van der Waals surface area contributed by atoms with Gasteiger partial charge in [0.05, 0.1) is 13.2 Å². The van der Waals surface area contributed by atoms with Gasteiger partial charge in [-0.3, -0.25) is 4.99 Å². The fraction of sp³-hybridized carbons (Fsp3) is 0.900. The molecule has 1 rings (SSSR count). The zero-order valence-corrected chi connectivity index (χ0v) is 18.2. The average molecular weight is 385 g/mol. The van der Waals surface area contributed by atoms with Crippen molar-refractivity contribution in [1.29, 1.82) is 0 Å². The smallest absolute Gasteiger partial charge is 0.410 e. The molecule has 1 N–H and O–H groups in total. The summed E-state index contributed by atoms with van der Waals surface area (Å²) in [7, 11) is 0. The number of ether oxygens (including phenoxy) is 2. The Balaban J connectivity index is 2.52. The van der Waals surface area contributed by atoms with Gasteiger partial charge in [0.15, 0.2) is 5.96 Å². The van der Waals surface area contributed by atoms with Gasteiger partial charge in [-0.1, -0.05) is 0 Å². The number of carbonyl (C=O) groups excluding carboxylic acids is 1. The normalized spacial score (nSPS) is 16.4. The van der Waals surface area contributed by atoms with Crippen LogP contribution in [0, 0.1) is 5.92 Å². The van der Waals surface area contributed by atoms with Crippen LogP contribution in [0.15, 0.2) is 4.99 Å². The van der Waals surface area contributed by atoms with Gasteiger partial charge in [0.2, 0.25) is 0 Å². The van der Waals surface area contributed by atoms with Crippen LogP contribution in [0.5, 0.6) is 0 Å².